The fourth-order valence-corrected chi connectivity index (χ4v) is 4.55. The largest absolute Gasteiger partial charge is 0.327 e. The first-order valence-electron chi connectivity index (χ1n) is 9.41. The molecule has 0 heterocycles. The summed E-state index contributed by atoms with van der Waals surface area (Å²) in [6.07, 6.45) is 1.21. The second-order valence-corrected chi connectivity index (χ2v) is 12.0. The minimum Gasteiger partial charge on any atom is -0.327 e. The van der Waals surface area contributed by atoms with Gasteiger partial charge in [0.25, 0.3) is 0 Å². The Hall–Kier alpha value is -0.0400. The van der Waals surface area contributed by atoms with Crippen LogP contribution in [0.25, 0.3) is 0 Å². The van der Waals surface area contributed by atoms with Gasteiger partial charge in [0.1, 0.15) is 0 Å². The fraction of sp³-hybridized carbons (Fsp3) is 1.00. The van der Waals surface area contributed by atoms with Crippen molar-refractivity contribution in [2.45, 2.75) is 109 Å². The smallest absolute Gasteiger partial charge is 0.00670 e. The van der Waals surface area contributed by atoms with Crippen molar-refractivity contribution < 1.29 is 0 Å². The second-order valence-electron chi connectivity index (χ2n) is 12.0. The van der Waals surface area contributed by atoms with E-state index < -0.39 is 0 Å². The molecule has 2 N–H and O–H groups in total. The zero-order valence-corrected chi connectivity index (χ0v) is 18.9. The van der Waals surface area contributed by atoms with Crippen molar-refractivity contribution in [1.29, 1.82) is 0 Å². The van der Waals surface area contributed by atoms with Crippen LogP contribution in [0.4, 0.5) is 0 Å². The van der Waals surface area contributed by atoms with Gasteiger partial charge in [-0.2, -0.15) is 0 Å². The summed E-state index contributed by atoms with van der Waals surface area (Å²) in [4.78, 5) is 0. The molecule has 1 atom stereocenters. The molecule has 0 aliphatic heterocycles. The molecule has 23 heavy (non-hydrogen) atoms. The minimum atomic E-state index is 0.0611. The van der Waals surface area contributed by atoms with E-state index in [0.717, 1.165) is 0 Å². The molecule has 0 aromatic rings. The topological polar surface area (TPSA) is 26.0 Å². The van der Waals surface area contributed by atoms with E-state index in [2.05, 4.69) is 96.9 Å². The molecule has 0 amide bonds. The van der Waals surface area contributed by atoms with Crippen LogP contribution in [0, 0.1) is 32.5 Å². The third-order valence-electron chi connectivity index (χ3n) is 8.54. The molecule has 0 spiro atoms. The van der Waals surface area contributed by atoms with Crippen molar-refractivity contribution >= 4 is 0 Å². The van der Waals surface area contributed by atoms with Crippen molar-refractivity contribution in [3.05, 3.63) is 0 Å². The van der Waals surface area contributed by atoms with Crippen LogP contribution in [0.15, 0.2) is 0 Å². The van der Waals surface area contributed by atoms with Gasteiger partial charge in [-0.05, 0) is 45.8 Å². The van der Waals surface area contributed by atoms with Gasteiger partial charge in [0.15, 0.2) is 0 Å². The third kappa shape index (κ3) is 3.80. The maximum atomic E-state index is 6.41. The van der Waals surface area contributed by atoms with E-state index in [1.807, 2.05) is 0 Å². The molecule has 0 radical (unpaired) electrons. The number of rotatable bonds is 6. The quantitative estimate of drug-likeness (QED) is 0.564. The maximum Gasteiger partial charge on any atom is 0.00670 e. The average Bonchev–Trinajstić information content (AvgIpc) is 2.24. The highest BCUT2D eigenvalue weighted by Crippen LogP contribution is 2.65. The Morgan fingerprint density at radius 3 is 1.22 bits per heavy atom. The van der Waals surface area contributed by atoms with Crippen molar-refractivity contribution in [3.63, 3.8) is 0 Å². The first-order valence-corrected chi connectivity index (χ1v) is 9.41. The lowest BCUT2D eigenvalue weighted by molar-refractivity contribution is -0.153. The van der Waals surface area contributed by atoms with Crippen molar-refractivity contribution in [2.24, 2.45) is 38.2 Å². The normalized spacial score (nSPS) is 17.3. The number of hydrogen-bond acceptors (Lipinski definition) is 1. The second kappa shape index (κ2) is 6.04. The standard InChI is InChI=1S/C22H47N/c1-16(23)19(7,8)21(11,12)22(13,14)20(9,10)18(5,6)15-17(2,3)4/h16H,15,23H2,1-14H3/t16-/m1/s1. The number of nitrogens with two attached hydrogens (primary N) is 1. The lowest BCUT2D eigenvalue weighted by atomic mass is 9.41. The lowest BCUT2D eigenvalue weighted by Gasteiger charge is -2.64. The van der Waals surface area contributed by atoms with Gasteiger partial charge in [0, 0.05) is 6.04 Å². The van der Waals surface area contributed by atoms with E-state index >= 15 is 0 Å². The molecule has 0 aliphatic rings. The molecule has 0 unspecified atom stereocenters. The summed E-state index contributed by atoms with van der Waals surface area (Å²) >= 11 is 0. The molecule has 140 valence electrons. The van der Waals surface area contributed by atoms with Gasteiger partial charge in [-0.25, -0.2) is 0 Å². The van der Waals surface area contributed by atoms with Crippen molar-refractivity contribution in [2.75, 3.05) is 0 Å². The minimum absolute atomic E-state index is 0.0611. The van der Waals surface area contributed by atoms with Crippen LogP contribution in [-0.4, -0.2) is 6.04 Å². The van der Waals surface area contributed by atoms with Crippen LogP contribution < -0.4 is 5.73 Å². The summed E-state index contributed by atoms with van der Waals surface area (Å²) in [5.41, 5.74) is 7.44. The molecule has 0 bridgehead atoms. The highest BCUT2D eigenvalue weighted by atomic mass is 14.7. The van der Waals surface area contributed by atoms with Crippen LogP contribution in [0.1, 0.15) is 103 Å². The Balaban J connectivity index is 6.07. The molecule has 0 saturated heterocycles. The zero-order chi connectivity index (χ0) is 19.3. The lowest BCUT2D eigenvalue weighted by Crippen LogP contribution is -2.60. The van der Waals surface area contributed by atoms with Gasteiger partial charge in [-0.15, -0.1) is 0 Å². The molecule has 0 aromatic carbocycles. The van der Waals surface area contributed by atoms with Gasteiger partial charge in [0.05, 0.1) is 0 Å². The van der Waals surface area contributed by atoms with Crippen LogP contribution in [-0.2, 0) is 0 Å². The Morgan fingerprint density at radius 2 is 0.957 bits per heavy atom. The van der Waals surface area contributed by atoms with Crippen molar-refractivity contribution in [1.82, 2.24) is 0 Å². The van der Waals surface area contributed by atoms with Gasteiger partial charge < -0.3 is 5.73 Å². The van der Waals surface area contributed by atoms with E-state index in [0.29, 0.717) is 5.41 Å². The Kier molecular flexibility index (Phi) is 6.03. The Labute approximate surface area is 148 Å². The van der Waals surface area contributed by atoms with E-state index in [-0.39, 0.29) is 33.1 Å². The van der Waals surface area contributed by atoms with Gasteiger partial charge in [-0.3, -0.25) is 0 Å². The molecule has 1 heteroatoms. The number of hydrogen-bond donors (Lipinski definition) is 1. The summed E-state index contributed by atoms with van der Waals surface area (Å²) in [5.74, 6) is 0. The Morgan fingerprint density at radius 1 is 0.609 bits per heavy atom. The first-order chi connectivity index (χ1) is 9.65. The molecule has 0 aromatic heterocycles. The van der Waals surface area contributed by atoms with Crippen LogP contribution >= 0.6 is 0 Å². The zero-order valence-electron chi connectivity index (χ0n) is 18.9. The van der Waals surface area contributed by atoms with E-state index in [9.17, 15) is 0 Å². The van der Waals surface area contributed by atoms with E-state index in [4.69, 9.17) is 5.73 Å². The highest BCUT2D eigenvalue weighted by molar-refractivity contribution is 5.08. The molecule has 1 nitrogen and oxygen atoms in total. The van der Waals surface area contributed by atoms with Crippen LogP contribution in [0.5, 0.6) is 0 Å². The predicted octanol–water partition coefficient (Wildman–Crippen LogP) is 6.90. The third-order valence-corrected chi connectivity index (χ3v) is 8.54. The van der Waals surface area contributed by atoms with E-state index in [1.54, 1.807) is 0 Å². The van der Waals surface area contributed by atoms with Crippen molar-refractivity contribution in [3.8, 4) is 0 Å². The molecular formula is C22H47N. The summed E-state index contributed by atoms with van der Waals surface area (Å²) in [5, 5.41) is 0. The van der Waals surface area contributed by atoms with E-state index in [1.165, 1.54) is 6.42 Å². The van der Waals surface area contributed by atoms with Crippen LogP contribution in [0.2, 0.25) is 0 Å². The Bertz CT molecular complexity index is 400. The fourth-order valence-electron chi connectivity index (χ4n) is 4.55. The maximum absolute atomic E-state index is 6.41. The molecule has 0 aliphatic carbocycles. The SMILES string of the molecule is C[C@@H](N)C(C)(C)C(C)(C)C(C)(C)C(C)(C)C(C)(C)CC(C)(C)C. The molecule has 0 rings (SSSR count). The summed E-state index contributed by atoms with van der Waals surface area (Å²) in [7, 11) is 0. The van der Waals surface area contributed by atoms with Crippen LogP contribution in [0.3, 0.4) is 0 Å². The molecule has 0 fully saturated rings. The average molecular weight is 326 g/mol. The summed E-state index contributed by atoms with van der Waals surface area (Å²) in [6.45, 7) is 33.5. The molecular weight excluding hydrogens is 278 g/mol. The summed E-state index contributed by atoms with van der Waals surface area (Å²) in [6, 6.07) is 0.165. The molecule has 0 saturated carbocycles. The van der Waals surface area contributed by atoms with Gasteiger partial charge in [0.2, 0.25) is 0 Å². The predicted molar refractivity (Wildman–Crippen MR) is 107 cm³/mol. The highest BCUT2D eigenvalue weighted by Gasteiger charge is 2.59. The first kappa shape index (κ1) is 23.0. The van der Waals surface area contributed by atoms with Gasteiger partial charge in [-0.1, -0.05) is 90.0 Å². The summed E-state index contributed by atoms with van der Waals surface area (Å²) < 4.78 is 0. The monoisotopic (exact) mass is 325 g/mol. The van der Waals surface area contributed by atoms with Gasteiger partial charge >= 0.3 is 0 Å².